The summed E-state index contributed by atoms with van der Waals surface area (Å²) in [6.07, 6.45) is -3.20. The number of phosphoric acid groups is 2. The average molecular weight is 427 g/mol. The molecule has 0 bridgehead atoms. The van der Waals surface area contributed by atoms with E-state index in [1.54, 1.807) is 0 Å². The second-order valence-electron chi connectivity index (χ2n) is 5.47. The van der Waals surface area contributed by atoms with Gasteiger partial charge >= 0.3 is 15.6 Å². The number of ether oxygens (including phenoxy) is 1. The van der Waals surface area contributed by atoms with Crippen molar-refractivity contribution in [1.82, 2.24) is 19.5 Å². The molecule has 1 unspecified atom stereocenters. The van der Waals surface area contributed by atoms with Crippen LogP contribution < -0.4 is 5.73 Å². The van der Waals surface area contributed by atoms with Crippen molar-refractivity contribution >= 4 is 32.6 Å². The fourth-order valence-electron chi connectivity index (χ4n) is 2.48. The van der Waals surface area contributed by atoms with Crippen molar-refractivity contribution in [1.29, 1.82) is 0 Å². The van der Waals surface area contributed by atoms with Crippen LogP contribution in [-0.4, -0.2) is 69.3 Å². The Kier molecular flexibility index (Phi) is 5.35. The summed E-state index contributed by atoms with van der Waals surface area (Å²) in [7, 11) is -10.4. The van der Waals surface area contributed by atoms with Crippen LogP contribution in [0.5, 0.6) is 0 Å². The SMILES string of the molecule is Nc1ncnc2c1ncn2[C@H]1O[C@@H](COP(=O)(O)OP(=O)(O)O)[C@@H](O)[C@@H]1O. The molecule has 0 saturated carbocycles. The van der Waals surface area contributed by atoms with Crippen LogP contribution in [0.25, 0.3) is 11.2 Å². The summed E-state index contributed by atoms with van der Waals surface area (Å²) in [6.45, 7) is -0.813. The lowest BCUT2D eigenvalue weighted by Gasteiger charge is -2.17. The average Bonchev–Trinajstić information content (AvgIpc) is 3.07. The van der Waals surface area contributed by atoms with Crippen molar-refractivity contribution in [2.24, 2.45) is 0 Å². The first-order valence-electron chi connectivity index (χ1n) is 7.17. The maximum absolute atomic E-state index is 11.5. The zero-order valence-corrected chi connectivity index (χ0v) is 15.0. The molecule has 17 heteroatoms. The lowest BCUT2D eigenvalue weighted by Crippen LogP contribution is -2.33. The van der Waals surface area contributed by atoms with E-state index in [2.05, 4.69) is 23.8 Å². The number of nitrogens with zero attached hydrogens (tertiary/aromatic N) is 4. The first-order chi connectivity index (χ1) is 12.5. The van der Waals surface area contributed by atoms with Gasteiger partial charge in [-0.05, 0) is 0 Å². The van der Waals surface area contributed by atoms with E-state index in [0.29, 0.717) is 0 Å². The molecule has 27 heavy (non-hydrogen) atoms. The summed E-state index contributed by atoms with van der Waals surface area (Å²) in [4.78, 5) is 38.1. The normalized spacial score (nSPS) is 28.5. The molecule has 2 aromatic heterocycles. The van der Waals surface area contributed by atoms with Crippen LogP contribution in [0.15, 0.2) is 12.7 Å². The van der Waals surface area contributed by atoms with Crippen LogP contribution in [0.3, 0.4) is 0 Å². The molecule has 7 N–H and O–H groups in total. The van der Waals surface area contributed by atoms with Crippen molar-refractivity contribution in [2.45, 2.75) is 24.5 Å². The Labute approximate surface area is 150 Å². The van der Waals surface area contributed by atoms with Gasteiger partial charge in [-0.2, -0.15) is 4.31 Å². The molecule has 0 radical (unpaired) electrons. The predicted molar refractivity (Wildman–Crippen MR) is 84.6 cm³/mol. The molecule has 2 aromatic rings. The molecular formula is C10H15N5O10P2. The van der Waals surface area contributed by atoms with Crippen LogP contribution in [-0.2, 0) is 22.7 Å². The number of rotatable bonds is 6. The number of imidazole rings is 1. The molecule has 0 aliphatic carbocycles. The summed E-state index contributed by atoms with van der Waals surface area (Å²) in [5.74, 6) is 0.0856. The predicted octanol–water partition coefficient (Wildman–Crippen LogP) is -1.75. The zero-order chi connectivity index (χ0) is 20.0. The largest absolute Gasteiger partial charge is 0.481 e. The van der Waals surface area contributed by atoms with Gasteiger partial charge in [-0.3, -0.25) is 9.09 Å². The van der Waals surface area contributed by atoms with Crippen LogP contribution in [0.1, 0.15) is 6.23 Å². The highest BCUT2D eigenvalue weighted by molar-refractivity contribution is 7.60. The molecule has 1 aliphatic heterocycles. The number of anilines is 1. The molecule has 0 amide bonds. The molecule has 5 atom stereocenters. The van der Waals surface area contributed by atoms with E-state index in [-0.39, 0.29) is 17.0 Å². The molecule has 3 heterocycles. The van der Waals surface area contributed by atoms with Gasteiger partial charge in [0.2, 0.25) is 0 Å². The second-order valence-corrected chi connectivity index (χ2v) is 8.30. The second kappa shape index (κ2) is 7.14. The van der Waals surface area contributed by atoms with Gasteiger partial charge in [-0.25, -0.2) is 24.1 Å². The van der Waals surface area contributed by atoms with Gasteiger partial charge in [-0.1, -0.05) is 0 Å². The van der Waals surface area contributed by atoms with Crippen molar-refractivity contribution in [3.05, 3.63) is 12.7 Å². The van der Waals surface area contributed by atoms with Crippen LogP contribution in [0, 0.1) is 0 Å². The third-order valence-corrected chi connectivity index (χ3v) is 5.76. The van der Waals surface area contributed by atoms with Gasteiger partial charge in [0, 0.05) is 0 Å². The maximum atomic E-state index is 11.5. The summed E-state index contributed by atoms with van der Waals surface area (Å²) >= 11 is 0. The van der Waals surface area contributed by atoms with Gasteiger partial charge in [0.25, 0.3) is 0 Å². The Bertz CT molecular complexity index is 932. The van der Waals surface area contributed by atoms with Crippen LogP contribution >= 0.6 is 15.6 Å². The van der Waals surface area contributed by atoms with Gasteiger partial charge < -0.3 is 35.4 Å². The molecule has 15 nitrogen and oxygen atoms in total. The molecule has 0 spiro atoms. The first-order valence-corrected chi connectivity index (χ1v) is 10.2. The zero-order valence-electron chi connectivity index (χ0n) is 13.2. The number of aromatic nitrogens is 4. The molecular weight excluding hydrogens is 412 g/mol. The van der Waals surface area contributed by atoms with E-state index in [4.69, 9.17) is 20.3 Å². The highest BCUT2D eigenvalue weighted by Gasteiger charge is 2.46. The highest BCUT2D eigenvalue weighted by atomic mass is 31.3. The molecule has 150 valence electrons. The molecule has 0 aromatic carbocycles. The summed E-state index contributed by atoms with van der Waals surface area (Å²) in [5.41, 5.74) is 6.11. The van der Waals surface area contributed by atoms with Crippen molar-refractivity contribution in [3.63, 3.8) is 0 Å². The minimum absolute atomic E-state index is 0.0856. The third-order valence-electron chi connectivity index (χ3n) is 3.61. The molecule has 1 fully saturated rings. The minimum Gasteiger partial charge on any atom is -0.387 e. The number of nitrogens with two attached hydrogens (primary N) is 1. The van der Waals surface area contributed by atoms with E-state index in [1.807, 2.05) is 0 Å². The smallest absolute Gasteiger partial charge is 0.387 e. The summed E-state index contributed by atoms with van der Waals surface area (Å²) in [5, 5.41) is 20.3. The molecule has 1 aliphatic rings. The summed E-state index contributed by atoms with van der Waals surface area (Å²) < 4.78 is 36.8. The number of fused-ring (bicyclic) bond motifs is 1. The quantitative estimate of drug-likeness (QED) is 0.281. The lowest BCUT2D eigenvalue weighted by atomic mass is 10.1. The number of hydrogen-bond donors (Lipinski definition) is 6. The van der Waals surface area contributed by atoms with E-state index in [1.165, 1.54) is 10.9 Å². The van der Waals surface area contributed by atoms with Gasteiger partial charge in [0.15, 0.2) is 17.7 Å². The Hall–Kier alpha value is -1.51. The van der Waals surface area contributed by atoms with E-state index < -0.39 is 46.8 Å². The van der Waals surface area contributed by atoms with Crippen LogP contribution in [0.4, 0.5) is 5.82 Å². The van der Waals surface area contributed by atoms with Gasteiger partial charge in [-0.15, -0.1) is 0 Å². The van der Waals surface area contributed by atoms with E-state index in [9.17, 15) is 24.2 Å². The Morgan fingerprint density at radius 3 is 2.56 bits per heavy atom. The van der Waals surface area contributed by atoms with Crippen molar-refractivity contribution in [2.75, 3.05) is 12.3 Å². The topological polar surface area (TPSA) is 233 Å². The number of aliphatic hydroxyl groups excluding tert-OH is 2. The maximum Gasteiger partial charge on any atom is 0.481 e. The van der Waals surface area contributed by atoms with Gasteiger partial charge in [0.05, 0.1) is 12.9 Å². The number of phosphoric ester groups is 1. The van der Waals surface area contributed by atoms with E-state index >= 15 is 0 Å². The fraction of sp³-hybridized carbons (Fsp3) is 0.500. The molecule has 1 saturated heterocycles. The fourth-order valence-corrected chi connectivity index (χ4v) is 4.08. The minimum atomic E-state index is -5.29. The Morgan fingerprint density at radius 2 is 1.89 bits per heavy atom. The Morgan fingerprint density at radius 1 is 1.19 bits per heavy atom. The van der Waals surface area contributed by atoms with Crippen molar-refractivity contribution in [3.8, 4) is 0 Å². The van der Waals surface area contributed by atoms with E-state index in [0.717, 1.165) is 6.33 Å². The highest BCUT2D eigenvalue weighted by Crippen LogP contribution is 2.57. The number of aliphatic hydroxyl groups is 2. The van der Waals surface area contributed by atoms with Gasteiger partial charge in [0.1, 0.15) is 30.2 Å². The lowest BCUT2D eigenvalue weighted by molar-refractivity contribution is -0.0503. The third kappa shape index (κ3) is 4.33. The first kappa shape index (κ1) is 20.2. The summed E-state index contributed by atoms with van der Waals surface area (Å²) in [6, 6.07) is 0. The van der Waals surface area contributed by atoms with Crippen LogP contribution in [0.2, 0.25) is 0 Å². The number of nitrogen functional groups attached to an aromatic ring is 1. The molecule has 3 rings (SSSR count). The number of hydrogen-bond acceptors (Lipinski definition) is 11. The van der Waals surface area contributed by atoms with Crippen molar-refractivity contribution < 1.29 is 47.6 Å². The Balaban J connectivity index is 1.75. The standard InChI is InChI=1S/C10H15N5O10P2/c11-8-5-9(13-2-12-8)15(3-14-5)10-7(17)6(16)4(24-10)1-23-27(21,22)25-26(18,19)20/h2-4,6-7,10,16-17H,1H2,(H,21,22)(H2,11,12,13)(H2,18,19,20)/t4-,6+,7-,10-/m0/s1. The monoisotopic (exact) mass is 427 g/mol.